The minimum atomic E-state index is -0.567. The molecule has 3 amide bonds. The molecule has 48 heavy (non-hydrogen) atoms. The summed E-state index contributed by atoms with van der Waals surface area (Å²) in [6, 6.07) is 9.46. The Balaban J connectivity index is 1.20. The van der Waals surface area contributed by atoms with Gasteiger partial charge in [0, 0.05) is 38.8 Å². The third-order valence-electron chi connectivity index (χ3n) is 9.40. The molecule has 2 fully saturated rings. The molecule has 5 rings (SSSR count). The number of hydrogen-bond acceptors (Lipinski definition) is 9. The first-order valence-electron chi connectivity index (χ1n) is 17.0. The lowest BCUT2D eigenvalue weighted by Gasteiger charge is -2.37. The molecule has 3 atom stereocenters. The summed E-state index contributed by atoms with van der Waals surface area (Å²) in [5.74, 6) is 0.260. The molecule has 2 aliphatic heterocycles. The Morgan fingerprint density at radius 1 is 1.06 bits per heavy atom. The number of likely N-dealkylation sites (tertiary alicyclic amines) is 2. The first kappa shape index (κ1) is 35.4. The van der Waals surface area contributed by atoms with E-state index in [9.17, 15) is 14.4 Å². The first-order chi connectivity index (χ1) is 22.7. The molecule has 2 aliphatic rings. The third kappa shape index (κ3) is 8.02. The quantitative estimate of drug-likeness (QED) is 0.271. The van der Waals surface area contributed by atoms with Crippen LogP contribution in [0.15, 0.2) is 40.4 Å². The number of nitrogens with one attached hydrogen (secondary N) is 1. The summed E-state index contributed by atoms with van der Waals surface area (Å²) >= 11 is 1.61. The molecule has 3 aromatic rings. The van der Waals surface area contributed by atoms with Crippen LogP contribution in [0.25, 0.3) is 10.4 Å². The number of carbonyl (C=O) groups excluding carboxylic acids is 3. The summed E-state index contributed by atoms with van der Waals surface area (Å²) in [5, 5.41) is 7.51. The number of carbonyl (C=O) groups is 3. The predicted molar refractivity (Wildman–Crippen MR) is 187 cm³/mol. The van der Waals surface area contributed by atoms with Crippen molar-refractivity contribution in [1.82, 2.24) is 25.3 Å². The number of rotatable bonds is 9. The molecule has 0 spiro atoms. The van der Waals surface area contributed by atoms with Crippen molar-refractivity contribution in [1.29, 1.82) is 0 Å². The smallest absolute Gasteiger partial charge is 0.410 e. The summed E-state index contributed by atoms with van der Waals surface area (Å²) < 4.78 is 11.4. The van der Waals surface area contributed by atoms with Crippen LogP contribution in [-0.2, 0) is 14.3 Å². The van der Waals surface area contributed by atoms with E-state index in [0.29, 0.717) is 37.6 Å². The minimum absolute atomic E-state index is 0.0652. The fourth-order valence-corrected chi connectivity index (χ4v) is 7.47. The molecule has 0 radical (unpaired) electrons. The van der Waals surface area contributed by atoms with Gasteiger partial charge < -0.3 is 29.3 Å². The van der Waals surface area contributed by atoms with E-state index in [1.54, 1.807) is 21.1 Å². The molecule has 2 aromatic heterocycles. The lowest BCUT2D eigenvalue weighted by Crippen LogP contribution is -2.48. The maximum Gasteiger partial charge on any atom is 0.410 e. The highest BCUT2D eigenvalue weighted by Crippen LogP contribution is 2.34. The summed E-state index contributed by atoms with van der Waals surface area (Å²) in [5.41, 5.74) is 4.43. The number of anilines is 1. The summed E-state index contributed by atoms with van der Waals surface area (Å²) in [6.45, 7) is 15.3. The van der Waals surface area contributed by atoms with Gasteiger partial charge in [0.15, 0.2) is 11.6 Å². The molecular formula is C36H50N6O5S. The minimum Gasteiger partial charge on any atom is -0.444 e. The zero-order valence-electron chi connectivity index (χ0n) is 29.5. The fraction of sp³-hybridized carbons (Fsp3) is 0.583. The monoisotopic (exact) mass is 678 g/mol. The van der Waals surface area contributed by atoms with Gasteiger partial charge in [-0.3, -0.25) is 9.59 Å². The van der Waals surface area contributed by atoms with Gasteiger partial charge in [-0.15, -0.1) is 11.3 Å². The number of piperidine rings is 1. The summed E-state index contributed by atoms with van der Waals surface area (Å²) in [4.78, 5) is 51.2. The van der Waals surface area contributed by atoms with E-state index in [0.717, 1.165) is 41.0 Å². The normalized spacial score (nSPS) is 18.6. The molecule has 0 aliphatic carbocycles. The molecular weight excluding hydrogens is 629 g/mol. The van der Waals surface area contributed by atoms with E-state index < -0.39 is 17.6 Å². The number of aryl methyl sites for hydroxylation is 1. The van der Waals surface area contributed by atoms with Crippen molar-refractivity contribution in [2.45, 2.75) is 104 Å². The SMILES string of the molecule is Cc1ncsc1-c1ccc(C(C)NC(=O)C2CCCN2C(=O)C(c2cc(N(C)C3CCN(C(=O)OC(C)(C)C)CC3)no2)C(C)C)cc1. The van der Waals surface area contributed by atoms with Crippen LogP contribution in [0.1, 0.15) is 96.2 Å². The topological polar surface area (TPSA) is 121 Å². The molecule has 0 bridgehead atoms. The first-order valence-corrected chi connectivity index (χ1v) is 17.9. The van der Waals surface area contributed by atoms with Crippen LogP contribution in [0.3, 0.4) is 0 Å². The van der Waals surface area contributed by atoms with Gasteiger partial charge in [-0.05, 0) is 77.3 Å². The van der Waals surface area contributed by atoms with Crippen LogP contribution in [0.2, 0.25) is 0 Å². The van der Waals surface area contributed by atoms with Crippen molar-refractivity contribution in [3.63, 3.8) is 0 Å². The number of aromatic nitrogens is 2. The number of ether oxygens (including phenoxy) is 1. The molecule has 1 N–H and O–H groups in total. The molecule has 2 saturated heterocycles. The number of amides is 3. The third-order valence-corrected chi connectivity index (χ3v) is 10.4. The maximum atomic E-state index is 14.1. The Hall–Kier alpha value is -3.93. The Bertz CT molecular complexity index is 1570. The van der Waals surface area contributed by atoms with Crippen LogP contribution < -0.4 is 10.2 Å². The highest BCUT2D eigenvalue weighted by molar-refractivity contribution is 7.13. The van der Waals surface area contributed by atoms with Crippen molar-refractivity contribution < 1.29 is 23.6 Å². The van der Waals surface area contributed by atoms with Crippen LogP contribution in [0, 0.1) is 12.8 Å². The van der Waals surface area contributed by atoms with E-state index in [4.69, 9.17) is 9.26 Å². The zero-order valence-corrected chi connectivity index (χ0v) is 30.3. The van der Waals surface area contributed by atoms with Gasteiger partial charge in [-0.25, -0.2) is 9.78 Å². The van der Waals surface area contributed by atoms with Gasteiger partial charge in [-0.2, -0.15) is 0 Å². The average molecular weight is 679 g/mol. The van der Waals surface area contributed by atoms with E-state index in [2.05, 4.69) is 32.5 Å². The van der Waals surface area contributed by atoms with Crippen LogP contribution in [0.4, 0.5) is 10.6 Å². The highest BCUT2D eigenvalue weighted by Gasteiger charge is 2.41. The Morgan fingerprint density at radius 2 is 1.75 bits per heavy atom. The van der Waals surface area contributed by atoms with Gasteiger partial charge in [0.25, 0.3) is 0 Å². The zero-order chi connectivity index (χ0) is 34.7. The van der Waals surface area contributed by atoms with Crippen molar-refractivity contribution in [2.24, 2.45) is 5.92 Å². The predicted octanol–water partition coefficient (Wildman–Crippen LogP) is 6.55. The molecule has 12 heteroatoms. The lowest BCUT2D eigenvalue weighted by molar-refractivity contribution is -0.141. The number of thiazole rings is 1. The summed E-state index contributed by atoms with van der Waals surface area (Å²) in [7, 11) is 1.97. The van der Waals surface area contributed by atoms with Gasteiger partial charge >= 0.3 is 6.09 Å². The molecule has 260 valence electrons. The number of hydrogen-bond donors (Lipinski definition) is 1. The molecule has 0 saturated carbocycles. The number of benzene rings is 1. The fourth-order valence-electron chi connectivity index (χ4n) is 6.65. The lowest BCUT2D eigenvalue weighted by atomic mass is 9.91. The van der Waals surface area contributed by atoms with Gasteiger partial charge in [-0.1, -0.05) is 43.3 Å². The Labute approximate surface area is 288 Å². The molecule has 4 heterocycles. The summed E-state index contributed by atoms with van der Waals surface area (Å²) in [6.07, 6.45) is 2.63. The molecule has 11 nitrogen and oxygen atoms in total. The van der Waals surface area contributed by atoms with E-state index in [1.807, 2.05) is 79.2 Å². The van der Waals surface area contributed by atoms with Crippen molar-refractivity contribution in [3.8, 4) is 10.4 Å². The molecule has 1 aromatic carbocycles. The second-order valence-corrected chi connectivity index (χ2v) is 15.3. The second-order valence-electron chi connectivity index (χ2n) is 14.4. The van der Waals surface area contributed by atoms with Crippen molar-refractivity contribution >= 4 is 35.1 Å². The van der Waals surface area contributed by atoms with Gasteiger partial charge in [0.1, 0.15) is 17.6 Å². The van der Waals surface area contributed by atoms with E-state index in [-0.39, 0.29) is 35.9 Å². The van der Waals surface area contributed by atoms with Gasteiger partial charge in [0.2, 0.25) is 11.8 Å². The largest absolute Gasteiger partial charge is 0.444 e. The van der Waals surface area contributed by atoms with Crippen molar-refractivity contribution in [3.05, 3.63) is 52.9 Å². The molecule has 3 unspecified atom stereocenters. The standard InChI is InChI=1S/C36H50N6O5S/c1-22(2)31(29-20-30(39-47-29)40(8)27-15-18-41(19-16-27)35(45)46-36(5,6)7)34(44)42-17-9-10-28(42)33(43)38-23(3)25-11-13-26(14-12-25)32-24(4)37-21-48-32/h11-14,20-23,27-28,31H,9-10,15-19H2,1-8H3,(H,38,43). The highest BCUT2D eigenvalue weighted by atomic mass is 32.1. The van der Waals surface area contributed by atoms with Crippen LogP contribution in [0.5, 0.6) is 0 Å². The van der Waals surface area contributed by atoms with E-state index >= 15 is 0 Å². The maximum absolute atomic E-state index is 14.1. The van der Waals surface area contributed by atoms with Gasteiger partial charge in [0.05, 0.1) is 22.1 Å². The average Bonchev–Trinajstić information content (AvgIpc) is 3.81. The van der Waals surface area contributed by atoms with Crippen molar-refractivity contribution in [2.75, 3.05) is 31.6 Å². The van der Waals surface area contributed by atoms with Crippen LogP contribution >= 0.6 is 11.3 Å². The number of nitrogens with zero attached hydrogens (tertiary/aromatic N) is 5. The van der Waals surface area contributed by atoms with E-state index in [1.165, 1.54) is 0 Å². The Kier molecular flexibility index (Phi) is 10.8. The second kappa shape index (κ2) is 14.7. The van der Waals surface area contributed by atoms with Crippen LogP contribution in [-0.4, -0.2) is 82.2 Å². The Morgan fingerprint density at radius 3 is 2.35 bits per heavy atom.